The molecule has 96 valence electrons. The van der Waals surface area contributed by atoms with Crippen molar-refractivity contribution in [2.75, 3.05) is 0 Å². The first kappa shape index (κ1) is 12.5. The third-order valence-electron chi connectivity index (χ3n) is 2.75. The Morgan fingerprint density at radius 3 is 2.53 bits per heavy atom. The van der Waals surface area contributed by atoms with E-state index >= 15 is 0 Å². The maximum Gasteiger partial charge on any atom is 0.288 e. The molecule has 0 atom stereocenters. The minimum atomic E-state index is 1.03. The van der Waals surface area contributed by atoms with E-state index in [0.717, 1.165) is 21.5 Å². The number of para-hydroxylation sites is 1. The van der Waals surface area contributed by atoms with Gasteiger partial charge in [0.05, 0.1) is 21.3 Å². The summed E-state index contributed by atoms with van der Waals surface area (Å²) in [6.07, 6.45) is 0. The van der Waals surface area contributed by atoms with Gasteiger partial charge < -0.3 is 0 Å². The highest BCUT2D eigenvalue weighted by Crippen LogP contribution is 2.31. The number of nitrogens with two attached hydrogens (primary N) is 1. The fourth-order valence-electron chi connectivity index (χ4n) is 1.92. The molecule has 0 bridgehead atoms. The summed E-state index contributed by atoms with van der Waals surface area (Å²) in [5.74, 6) is 0. The number of nitrogens with zero attached hydrogens (tertiary/aromatic N) is 2. The van der Waals surface area contributed by atoms with Gasteiger partial charge in [-0.2, -0.15) is 4.98 Å². The third-order valence-corrected chi connectivity index (χ3v) is 4.63. The van der Waals surface area contributed by atoms with Crippen LogP contribution in [0.2, 0.25) is 0 Å². The molecule has 2 aromatic heterocycles. The largest absolute Gasteiger partial charge is 0.288 e. The van der Waals surface area contributed by atoms with Gasteiger partial charge in [-0.25, -0.2) is 4.98 Å². The van der Waals surface area contributed by atoms with Gasteiger partial charge in [-0.1, -0.05) is 29.5 Å². The molecule has 0 aliphatic carbocycles. The number of aromatic nitrogens is 2. The summed E-state index contributed by atoms with van der Waals surface area (Å²) < 4.78 is 0. The highest BCUT2D eigenvalue weighted by Gasteiger charge is 2.13. The van der Waals surface area contributed by atoms with E-state index in [-0.39, 0.29) is 0 Å². The second kappa shape index (κ2) is 5.21. The number of hydrogen-bond donors (Lipinski definition) is 1. The van der Waals surface area contributed by atoms with E-state index in [1.807, 2.05) is 32.0 Å². The highest BCUT2D eigenvalue weighted by molar-refractivity contribution is 7.16. The van der Waals surface area contributed by atoms with Gasteiger partial charge in [0.1, 0.15) is 5.69 Å². The van der Waals surface area contributed by atoms with E-state index in [0.29, 0.717) is 0 Å². The Morgan fingerprint density at radius 2 is 1.84 bits per heavy atom. The van der Waals surface area contributed by atoms with Crippen molar-refractivity contribution in [3.8, 4) is 10.6 Å². The van der Waals surface area contributed by atoms with E-state index < -0.39 is 0 Å². The Kier molecular flexibility index (Phi) is 3.42. The van der Waals surface area contributed by atoms with E-state index in [1.54, 1.807) is 22.7 Å². The minimum absolute atomic E-state index is 1.03. The summed E-state index contributed by atoms with van der Waals surface area (Å²) in [4.78, 5) is 10.3. The van der Waals surface area contributed by atoms with Crippen molar-refractivity contribution in [1.82, 2.24) is 9.97 Å². The summed E-state index contributed by atoms with van der Waals surface area (Å²) in [7, 11) is 0. The van der Waals surface area contributed by atoms with E-state index in [9.17, 15) is 0 Å². The fourth-order valence-corrected chi connectivity index (χ4v) is 3.63. The number of rotatable bonds is 3. The lowest BCUT2D eigenvalue weighted by Crippen LogP contribution is -2.70. The lowest BCUT2D eigenvalue weighted by molar-refractivity contribution is -0.478. The maximum absolute atomic E-state index is 4.68. The highest BCUT2D eigenvalue weighted by atomic mass is 32.1. The predicted octanol–water partition coefficient (Wildman–Crippen LogP) is 3.41. The molecule has 0 radical (unpaired) electrons. The zero-order valence-electron chi connectivity index (χ0n) is 10.8. The molecule has 3 nitrogen and oxygen atoms in total. The summed E-state index contributed by atoms with van der Waals surface area (Å²) in [5, 5.41) is 6.34. The van der Waals surface area contributed by atoms with Crippen LogP contribution in [-0.4, -0.2) is 9.97 Å². The Bertz CT molecular complexity index is 686. The molecule has 0 unspecified atom stereocenters. The molecule has 5 heteroatoms. The van der Waals surface area contributed by atoms with Gasteiger partial charge >= 0.3 is 0 Å². The minimum Gasteiger partial charge on any atom is -0.256 e. The van der Waals surface area contributed by atoms with Crippen molar-refractivity contribution in [1.29, 1.82) is 0 Å². The Balaban J connectivity index is 1.86. The standard InChI is InChI=1S/C14H13N3S2/c1-9-13(19-10(2)15-9)12-8-18-14(17-12)16-11-6-4-3-5-7-11/h3-8H,1-2H3,(H,16,17)/p+1. The van der Waals surface area contributed by atoms with Crippen LogP contribution < -0.4 is 5.32 Å². The molecular weight excluding hydrogens is 274 g/mol. The predicted molar refractivity (Wildman–Crippen MR) is 80.4 cm³/mol. The lowest BCUT2D eigenvalue weighted by Gasteiger charge is -1.94. The van der Waals surface area contributed by atoms with Gasteiger partial charge in [0, 0.05) is 5.38 Å². The molecule has 0 aliphatic rings. The first-order valence-electron chi connectivity index (χ1n) is 6.02. The molecule has 0 saturated carbocycles. The van der Waals surface area contributed by atoms with Gasteiger partial charge in [0.25, 0.3) is 5.13 Å². The molecular formula is C14H14N3S2+. The molecule has 1 aromatic carbocycles. The molecule has 0 saturated heterocycles. The first-order chi connectivity index (χ1) is 9.22. The molecule has 3 rings (SSSR count). The van der Waals surface area contributed by atoms with Gasteiger partial charge in [-0.05, 0) is 26.0 Å². The number of aryl methyl sites for hydroxylation is 2. The average molecular weight is 288 g/mol. The Hall–Kier alpha value is -1.56. The summed E-state index contributed by atoms with van der Waals surface area (Å²) in [6, 6.07) is 10.3. The molecule has 0 aliphatic heterocycles. The third kappa shape index (κ3) is 2.73. The van der Waals surface area contributed by atoms with E-state index in [4.69, 9.17) is 0 Å². The molecule has 0 fully saturated rings. The van der Waals surface area contributed by atoms with Crippen molar-refractivity contribution in [3.63, 3.8) is 0 Å². The summed E-state index contributed by atoms with van der Waals surface area (Å²) in [5.41, 5.74) is 3.29. The van der Waals surface area contributed by atoms with E-state index in [1.165, 1.54) is 10.6 Å². The van der Waals surface area contributed by atoms with Crippen molar-refractivity contribution < 1.29 is 5.32 Å². The number of thiazole rings is 2. The maximum atomic E-state index is 4.68. The number of benzene rings is 1. The van der Waals surface area contributed by atoms with Crippen LogP contribution in [0.3, 0.4) is 0 Å². The zero-order chi connectivity index (χ0) is 13.2. The fraction of sp³-hybridized carbons (Fsp3) is 0.143. The van der Waals surface area contributed by atoms with Crippen molar-refractivity contribution in [2.24, 2.45) is 0 Å². The summed E-state index contributed by atoms with van der Waals surface area (Å²) in [6.45, 7) is 4.07. The lowest BCUT2D eigenvalue weighted by atomic mass is 10.3. The van der Waals surface area contributed by atoms with Crippen molar-refractivity contribution in [2.45, 2.75) is 13.8 Å². The molecule has 0 spiro atoms. The van der Waals surface area contributed by atoms with Crippen LogP contribution in [0, 0.1) is 13.8 Å². The molecule has 3 aromatic rings. The van der Waals surface area contributed by atoms with Gasteiger partial charge in [-0.3, -0.25) is 5.32 Å². The Morgan fingerprint density at radius 1 is 1.05 bits per heavy atom. The van der Waals surface area contributed by atoms with Crippen LogP contribution >= 0.6 is 22.7 Å². The quantitative estimate of drug-likeness (QED) is 0.750. The van der Waals surface area contributed by atoms with Crippen LogP contribution in [0.5, 0.6) is 0 Å². The molecule has 2 heterocycles. The Labute approximate surface area is 120 Å². The van der Waals surface area contributed by atoms with Crippen molar-refractivity contribution >= 4 is 33.5 Å². The SMILES string of the molecule is Cc1nc(C)c(-c2csc([NH2+]c3ccccc3)n2)s1. The number of hydrogen-bond acceptors (Lipinski definition) is 4. The van der Waals surface area contributed by atoms with E-state index in [2.05, 4.69) is 32.8 Å². The second-order valence-corrected chi connectivity index (χ2v) is 6.37. The van der Waals surface area contributed by atoms with Crippen LogP contribution in [0.1, 0.15) is 10.7 Å². The van der Waals surface area contributed by atoms with Crippen LogP contribution in [-0.2, 0) is 0 Å². The smallest absolute Gasteiger partial charge is 0.256 e. The topological polar surface area (TPSA) is 42.4 Å². The normalized spacial score (nSPS) is 10.8. The van der Waals surface area contributed by atoms with Gasteiger partial charge in [0.15, 0.2) is 0 Å². The van der Waals surface area contributed by atoms with Gasteiger partial charge in [0.2, 0.25) is 0 Å². The van der Waals surface area contributed by atoms with Crippen LogP contribution in [0.25, 0.3) is 10.6 Å². The van der Waals surface area contributed by atoms with Crippen LogP contribution in [0.4, 0.5) is 10.8 Å². The van der Waals surface area contributed by atoms with Gasteiger partial charge in [-0.15, -0.1) is 11.3 Å². The second-order valence-electron chi connectivity index (χ2n) is 4.27. The van der Waals surface area contributed by atoms with Crippen LogP contribution in [0.15, 0.2) is 35.7 Å². The molecule has 19 heavy (non-hydrogen) atoms. The average Bonchev–Trinajstić information content (AvgIpc) is 2.97. The number of quaternary nitrogens is 1. The summed E-state index contributed by atoms with van der Waals surface area (Å²) >= 11 is 3.38. The first-order valence-corrected chi connectivity index (χ1v) is 7.72. The van der Waals surface area contributed by atoms with Crippen molar-refractivity contribution in [3.05, 3.63) is 46.4 Å². The zero-order valence-corrected chi connectivity index (χ0v) is 12.4. The molecule has 0 amide bonds. The molecule has 2 N–H and O–H groups in total. The monoisotopic (exact) mass is 288 g/mol.